The summed E-state index contributed by atoms with van der Waals surface area (Å²) in [6, 6.07) is 0. The highest BCUT2D eigenvalue weighted by Crippen LogP contribution is 2.35. The molecule has 1 aromatic rings. The molecule has 0 saturated carbocycles. The molecule has 0 radical (unpaired) electrons. The van der Waals surface area contributed by atoms with Crippen LogP contribution in [0.5, 0.6) is 0 Å². The SMILES string of the molecule is CC(C)(C)NCCc1nc(C2CSCCS2)no1. The Bertz CT molecular complexity index is 370. The molecular formula is C12H21N3OS2. The van der Waals surface area contributed by atoms with Crippen molar-refractivity contribution in [2.24, 2.45) is 0 Å². The van der Waals surface area contributed by atoms with Gasteiger partial charge in [-0.15, -0.1) is 11.8 Å². The van der Waals surface area contributed by atoms with Gasteiger partial charge in [0.2, 0.25) is 5.89 Å². The fourth-order valence-corrected chi connectivity index (χ4v) is 4.27. The molecule has 1 aromatic heterocycles. The predicted octanol–water partition coefficient (Wildman–Crippen LogP) is 2.52. The molecule has 6 heteroatoms. The Labute approximate surface area is 117 Å². The van der Waals surface area contributed by atoms with Crippen molar-refractivity contribution in [3.8, 4) is 0 Å². The van der Waals surface area contributed by atoms with Crippen molar-refractivity contribution in [2.75, 3.05) is 23.8 Å². The Morgan fingerprint density at radius 1 is 1.39 bits per heavy atom. The summed E-state index contributed by atoms with van der Waals surface area (Å²) in [7, 11) is 0. The lowest BCUT2D eigenvalue weighted by Gasteiger charge is -2.19. The largest absolute Gasteiger partial charge is 0.339 e. The molecule has 0 spiro atoms. The van der Waals surface area contributed by atoms with Gasteiger partial charge in [0.25, 0.3) is 0 Å². The van der Waals surface area contributed by atoms with Gasteiger partial charge in [-0.3, -0.25) is 0 Å². The Morgan fingerprint density at radius 3 is 2.89 bits per heavy atom. The first-order valence-corrected chi connectivity index (χ1v) is 8.52. The second kappa shape index (κ2) is 6.30. The van der Waals surface area contributed by atoms with E-state index in [4.69, 9.17) is 4.52 Å². The number of aromatic nitrogens is 2. The van der Waals surface area contributed by atoms with Crippen LogP contribution in [0.25, 0.3) is 0 Å². The minimum atomic E-state index is 0.138. The van der Waals surface area contributed by atoms with Crippen LogP contribution in [-0.4, -0.2) is 39.5 Å². The normalized spacial score (nSPS) is 21.2. The lowest BCUT2D eigenvalue weighted by molar-refractivity contribution is 0.358. The lowest BCUT2D eigenvalue weighted by Crippen LogP contribution is -2.37. The first-order chi connectivity index (χ1) is 8.54. The average molecular weight is 287 g/mol. The van der Waals surface area contributed by atoms with E-state index in [9.17, 15) is 0 Å². The monoisotopic (exact) mass is 287 g/mol. The van der Waals surface area contributed by atoms with Gasteiger partial charge in [0.05, 0.1) is 5.25 Å². The van der Waals surface area contributed by atoms with E-state index in [-0.39, 0.29) is 5.54 Å². The molecule has 2 rings (SSSR count). The molecule has 1 unspecified atom stereocenters. The van der Waals surface area contributed by atoms with Crippen LogP contribution in [0.2, 0.25) is 0 Å². The summed E-state index contributed by atoms with van der Waals surface area (Å²) in [5, 5.41) is 7.94. The third-order valence-electron chi connectivity index (χ3n) is 2.58. The molecule has 1 fully saturated rings. The van der Waals surface area contributed by atoms with E-state index in [0.717, 1.165) is 30.4 Å². The van der Waals surface area contributed by atoms with Gasteiger partial charge in [0.1, 0.15) is 0 Å². The van der Waals surface area contributed by atoms with Gasteiger partial charge < -0.3 is 9.84 Å². The average Bonchev–Trinajstić information content (AvgIpc) is 2.77. The van der Waals surface area contributed by atoms with Gasteiger partial charge in [-0.05, 0) is 20.8 Å². The topological polar surface area (TPSA) is 51.0 Å². The van der Waals surface area contributed by atoms with Crippen molar-refractivity contribution in [1.82, 2.24) is 15.5 Å². The Morgan fingerprint density at radius 2 is 2.22 bits per heavy atom. The Balaban J connectivity index is 1.82. The molecule has 0 aromatic carbocycles. The lowest BCUT2D eigenvalue weighted by atomic mass is 10.1. The first-order valence-electron chi connectivity index (χ1n) is 6.31. The second-order valence-corrected chi connectivity index (χ2v) is 7.87. The molecule has 0 bridgehead atoms. The van der Waals surface area contributed by atoms with Crippen LogP contribution in [-0.2, 0) is 6.42 Å². The van der Waals surface area contributed by atoms with Gasteiger partial charge in [0.15, 0.2) is 5.82 Å². The summed E-state index contributed by atoms with van der Waals surface area (Å²) in [5.74, 6) is 5.15. The van der Waals surface area contributed by atoms with Crippen molar-refractivity contribution in [2.45, 2.75) is 38.0 Å². The van der Waals surface area contributed by atoms with Crippen LogP contribution in [0.15, 0.2) is 4.52 Å². The summed E-state index contributed by atoms with van der Waals surface area (Å²) < 4.78 is 5.31. The molecule has 2 heterocycles. The maximum atomic E-state index is 5.31. The standard InChI is InChI=1S/C12H21N3OS2/c1-12(2,3)13-5-4-10-14-11(15-16-10)9-8-17-6-7-18-9/h9,13H,4-8H2,1-3H3. The van der Waals surface area contributed by atoms with Crippen LogP contribution in [0.4, 0.5) is 0 Å². The van der Waals surface area contributed by atoms with E-state index in [2.05, 4.69) is 36.2 Å². The fourth-order valence-electron chi connectivity index (χ4n) is 1.68. The minimum Gasteiger partial charge on any atom is -0.339 e. The Kier molecular flexibility index (Phi) is 4.98. The number of thioether (sulfide) groups is 2. The van der Waals surface area contributed by atoms with Gasteiger partial charge in [-0.25, -0.2) is 0 Å². The van der Waals surface area contributed by atoms with E-state index in [0.29, 0.717) is 5.25 Å². The van der Waals surface area contributed by atoms with Crippen molar-refractivity contribution in [3.63, 3.8) is 0 Å². The summed E-state index contributed by atoms with van der Waals surface area (Å²) >= 11 is 3.91. The van der Waals surface area contributed by atoms with Crippen molar-refractivity contribution in [1.29, 1.82) is 0 Å². The summed E-state index contributed by atoms with van der Waals surface area (Å²) in [4.78, 5) is 4.50. The fraction of sp³-hybridized carbons (Fsp3) is 0.833. The number of nitrogens with one attached hydrogen (secondary N) is 1. The number of hydrogen-bond acceptors (Lipinski definition) is 6. The van der Waals surface area contributed by atoms with Crippen molar-refractivity contribution in [3.05, 3.63) is 11.7 Å². The van der Waals surface area contributed by atoms with Crippen LogP contribution < -0.4 is 5.32 Å². The highest BCUT2D eigenvalue weighted by molar-refractivity contribution is 8.06. The minimum absolute atomic E-state index is 0.138. The zero-order chi connectivity index (χ0) is 13.0. The molecule has 1 atom stereocenters. The zero-order valence-electron chi connectivity index (χ0n) is 11.2. The van der Waals surface area contributed by atoms with E-state index in [1.807, 2.05) is 23.5 Å². The summed E-state index contributed by atoms with van der Waals surface area (Å²) in [5.41, 5.74) is 0.138. The van der Waals surface area contributed by atoms with Gasteiger partial charge in [-0.1, -0.05) is 5.16 Å². The van der Waals surface area contributed by atoms with Crippen LogP contribution in [0.1, 0.15) is 37.7 Å². The summed E-state index contributed by atoms with van der Waals surface area (Å²) in [6.45, 7) is 7.34. The molecule has 102 valence electrons. The quantitative estimate of drug-likeness (QED) is 0.918. The molecular weight excluding hydrogens is 266 g/mol. The van der Waals surface area contributed by atoms with E-state index in [1.165, 1.54) is 11.5 Å². The molecule has 0 aliphatic carbocycles. The predicted molar refractivity (Wildman–Crippen MR) is 78.3 cm³/mol. The molecule has 1 aliphatic rings. The maximum Gasteiger partial charge on any atom is 0.227 e. The molecule has 18 heavy (non-hydrogen) atoms. The molecule has 4 nitrogen and oxygen atoms in total. The molecule has 1 N–H and O–H groups in total. The van der Waals surface area contributed by atoms with Crippen molar-refractivity contribution < 1.29 is 4.52 Å². The summed E-state index contributed by atoms with van der Waals surface area (Å²) in [6.07, 6.45) is 0.800. The Hall–Kier alpha value is -0.200. The van der Waals surface area contributed by atoms with E-state index in [1.54, 1.807) is 0 Å². The van der Waals surface area contributed by atoms with Gasteiger partial charge in [-0.2, -0.15) is 16.7 Å². The van der Waals surface area contributed by atoms with E-state index >= 15 is 0 Å². The highest BCUT2D eigenvalue weighted by atomic mass is 32.2. The van der Waals surface area contributed by atoms with Crippen LogP contribution in [0.3, 0.4) is 0 Å². The zero-order valence-corrected chi connectivity index (χ0v) is 12.9. The molecule has 1 aliphatic heterocycles. The van der Waals surface area contributed by atoms with Gasteiger partial charge >= 0.3 is 0 Å². The van der Waals surface area contributed by atoms with Crippen molar-refractivity contribution >= 4 is 23.5 Å². The third kappa shape index (κ3) is 4.48. The van der Waals surface area contributed by atoms with Gasteiger partial charge in [0, 0.05) is 35.8 Å². The highest BCUT2D eigenvalue weighted by Gasteiger charge is 2.21. The molecule has 1 saturated heterocycles. The number of rotatable bonds is 4. The smallest absolute Gasteiger partial charge is 0.227 e. The third-order valence-corrected chi connectivity index (χ3v) is 5.33. The molecule has 0 amide bonds. The second-order valence-electron chi connectivity index (χ2n) is 5.41. The van der Waals surface area contributed by atoms with Crippen LogP contribution in [0, 0.1) is 0 Å². The van der Waals surface area contributed by atoms with Crippen LogP contribution >= 0.6 is 23.5 Å². The number of nitrogens with zero attached hydrogens (tertiary/aromatic N) is 2. The maximum absolute atomic E-state index is 5.31. The first kappa shape index (κ1) is 14.2. The number of hydrogen-bond donors (Lipinski definition) is 1. The van der Waals surface area contributed by atoms with E-state index < -0.39 is 0 Å².